The van der Waals surface area contributed by atoms with Gasteiger partial charge in [0.15, 0.2) is 5.82 Å². The minimum Gasteiger partial charge on any atom is -0.491 e. The SMILES string of the molecule is COCCOc1ccc(Nc2ncc3c(n2)N(c2cccc(NC(=O)/C=C/CN(C)C)c2)C(=O)N(C2CC2)C3)cc1. The van der Waals surface area contributed by atoms with Gasteiger partial charge in [0.2, 0.25) is 11.9 Å². The number of nitrogens with one attached hydrogen (secondary N) is 2. The first kappa shape index (κ1) is 28.1. The predicted molar refractivity (Wildman–Crippen MR) is 158 cm³/mol. The first-order valence-corrected chi connectivity index (χ1v) is 13.6. The molecule has 41 heavy (non-hydrogen) atoms. The van der Waals surface area contributed by atoms with Gasteiger partial charge in [-0.1, -0.05) is 12.1 Å². The van der Waals surface area contributed by atoms with E-state index in [4.69, 9.17) is 14.5 Å². The largest absolute Gasteiger partial charge is 0.491 e. The number of hydrogen-bond acceptors (Lipinski definition) is 8. The molecule has 2 N–H and O–H groups in total. The second-order valence-corrected chi connectivity index (χ2v) is 10.2. The third-order valence-electron chi connectivity index (χ3n) is 6.60. The molecule has 1 saturated carbocycles. The van der Waals surface area contributed by atoms with E-state index >= 15 is 0 Å². The summed E-state index contributed by atoms with van der Waals surface area (Å²) in [5.41, 5.74) is 2.83. The maximum absolute atomic E-state index is 13.8. The van der Waals surface area contributed by atoms with Crippen LogP contribution in [0.15, 0.2) is 66.9 Å². The Hall–Kier alpha value is -4.48. The molecule has 2 aliphatic rings. The van der Waals surface area contributed by atoms with Crippen LogP contribution in [0, 0.1) is 0 Å². The molecule has 3 amide bonds. The highest BCUT2D eigenvalue weighted by Crippen LogP contribution is 2.39. The Morgan fingerprint density at radius 1 is 1.12 bits per heavy atom. The molecule has 1 aliphatic carbocycles. The summed E-state index contributed by atoms with van der Waals surface area (Å²) in [6.45, 7) is 2.10. The molecule has 214 valence electrons. The maximum atomic E-state index is 13.8. The Kier molecular flexibility index (Phi) is 8.76. The summed E-state index contributed by atoms with van der Waals surface area (Å²) in [7, 11) is 5.50. The van der Waals surface area contributed by atoms with Crippen LogP contribution in [0.3, 0.4) is 0 Å². The Labute approximate surface area is 239 Å². The maximum Gasteiger partial charge on any atom is 0.330 e. The molecule has 0 radical (unpaired) electrons. The number of aromatic nitrogens is 2. The van der Waals surface area contributed by atoms with E-state index in [1.807, 2.05) is 60.3 Å². The zero-order valence-corrected chi connectivity index (χ0v) is 23.5. The van der Waals surface area contributed by atoms with E-state index in [-0.39, 0.29) is 18.0 Å². The lowest BCUT2D eigenvalue weighted by Gasteiger charge is -2.36. The van der Waals surface area contributed by atoms with Gasteiger partial charge in [0.25, 0.3) is 0 Å². The lowest BCUT2D eigenvalue weighted by Crippen LogP contribution is -2.46. The summed E-state index contributed by atoms with van der Waals surface area (Å²) in [6.07, 6.45) is 7.03. The van der Waals surface area contributed by atoms with Crippen LogP contribution < -0.4 is 20.3 Å². The Bertz CT molecular complexity index is 1410. The molecule has 0 spiro atoms. The van der Waals surface area contributed by atoms with Crippen molar-refractivity contribution < 1.29 is 19.1 Å². The van der Waals surface area contributed by atoms with E-state index in [1.165, 1.54) is 6.08 Å². The summed E-state index contributed by atoms with van der Waals surface area (Å²) >= 11 is 0. The number of benzene rings is 2. The van der Waals surface area contributed by atoms with Crippen molar-refractivity contribution in [3.05, 3.63) is 72.4 Å². The van der Waals surface area contributed by atoms with Gasteiger partial charge < -0.3 is 29.9 Å². The number of carbonyl (C=O) groups is 2. The van der Waals surface area contributed by atoms with Gasteiger partial charge in [-0.05, 0) is 69.4 Å². The number of hydrogen-bond donors (Lipinski definition) is 2. The number of ether oxygens (including phenoxy) is 2. The highest BCUT2D eigenvalue weighted by atomic mass is 16.5. The van der Waals surface area contributed by atoms with E-state index < -0.39 is 0 Å². The monoisotopic (exact) mass is 557 g/mol. The molecule has 2 heterocycles. The predicted octanol–water partition coefficient (Wildman–Crippen LogP) is 4.54. The summed E-state index contributed by atoms with van der Waals surface area (Å²) in [5, 5.41) is 6.11. The minimum absolute atomic E-state index is 0.142. The number of rotatable bonds is 12. The van der Waals surface area contributed by atoms with Crippen molar-refractivity contribution in [2.24, 2.45) is 0 Å². The third kappa shape index (κ3) is 7.19. The van der Waals surface area contributed by atoms with Crippen LogP contribution in [0.5, 0.6) is 5.75 Å². The molecule has 0 atom stereocenters. The van der Waals surface area contributed by atoms with Gasteiger partial charge >= 0.3 is 6.03 Å². The molecule has 5 rings (SSSR count). The van der Waals surface area contributed by atoms with E-state index in [2.05, 4.69) is 15.6 Å². The molecule has 0 unspecified atom stereocenters. The number of likely N-dealkylation sites (N-methyl/N-ethyl adjacent to an activating group) is 1. The lowest BCUT2D eigenvalue weighted by molar-refractivity contribution is -0.111. The van der Waals surface area contributed by atoms with Gasteiger partial charge in [0, 0.05) is 48.9 Å². The van der Waals surface area contributed by atoms with E-state index in [0.717, 1.165) is 29.8 Å². The topological polar surface area (TPSA) is 112 Å². The van der Waals surface area contributed by atoms with Gasteiger partial charge in [0.1, 0.15) is 12.4 Å². The average molecular weight is 558 g/mol. The molecule has 1 aromatic heterocycles. The second-order valence-electron chi connectivity index (χ2n) is 10.2. The van der Waals surface area contributed by atoms with E-state index in [9.17, 15) is 9.59 Å². The molecule has 11 nitrogen and oxygen atoms in total. The van der Waals surface area contributed by atoms with Crippen LogP contribution in [-0.4, -0.2) is 78.7 Å². The number of anilines is 5. The van der Waals surface area contributed by atoms with E-state index in [0.29, 0.717) is 49.4 Å². The first-order valence-electron chi connectivity index (χ1n) is 13.6. The molecule has 0 bridgehead atoms. The van der Waals surface area contributed by atoms with Gasteiger partial charge in [-0.15, -0.1) is 0 Å². The van der Waals surface area contributed by atoms with Gasteiger partial charge in [-0.3, -0.25) is 4.79 Å². The summed E-state index contributed by atoms with van der Waals surface area (Å²) in [4.78, 5) is 41.0. The van der Waals surface area contributed by atoms with Crippen LogP contribution in [0.4, 0.5) is 33.6 Å². The van der Waals surface area contributed by atoms with Crippen LogP contribution in [0.1, 0.15) is 18.4 Å². The highest BCUT2D eigenvalue weighted by molar-refractivity contribution is 6.03. The first-order chi connectivity index (χ1) is 19.9. The molecular weight excluding hydrogens is 522 g/mol. The molecule has 11 heteroatoms. The molecular formula is C30H35N7O4. The summed E-state index contributed by atoms with van der Waals surface area (Å²) in [6, 6.07) is 14.8. The molecule has 2 aromatic carbocycles. The quantitative estimate of drug-likeness (QED) is 0.247. The summed E-state index contributed by atoms with van der Waals surface area (Å²) < 4.78 is 10.7. The van der Waals surface area contributed by atoms with Crippen LogP contribution in [0.25, 0.3) is 0 Å². The van der Waals surface area contributed by atoms with Crippen molar-refractivity contribution in [3.63, 3.8) is 0 Å². The number of methoxy groups -OCH3 is 1. The van der Waals surface area contributed by atoms with Crippen molar-refractivity contribution >= 4 is 40.8 Å². The van der Waals surface area contributed by atoms with Crippen molar-refractivity contribution in [3.8, 4) is 5.75 Å². The van der Waals surface area contributed by atoms with Gasteiger partial charge in [0.05, 0.1) is 18.8 Å². The van der Waals surface area contributed by atoms with Crippen LogP contribution >= 0.6 is 0 Å². The third-order valence-corrected chi connectivity index (χ3v) is 6.60. The Balaban J connectivity index is 1.38. The van der Waals surface area contributed by atoms with Gasteiger partial charge in [-0.25, -0.2) is 14.7 Å². The zero-order valence-electron chi connectivity index (χ0n) is 23.5. The zero-order chi connectivity index (χ0) is 28.8. The molecule has 3 aromatic rings. The fraction of sp³-hybridized carbons (Fsp3) is 0.333. The highest BCUT2D eigenvalue weighted by Gasteiger charge is 2.41. The standard InChI is InChI=1S/C30H35N7O4/c1-35(2)15-5-8-27(38)32-23-6-4-7-25(18-23)37-28-21(20-36(30(37)39)24-11-12-24)19-31-29(34-28)33-22-9-13-26(14-10-22)41-17-16-40-3/h4-10,13-14,18-19,24H,11-12,15-17,20H2,1-3H3,(H,32,38)(H,31,33,34)/b8-5+. The number of urea groups is 1. The van der Waals surface area contributed by atoms with Crippen LogP contribution in [0.2, 0.25) is 0 Å². The Morgan fingerprint density at radius 2 is 1.93 bits per heavy atom. The van der Waals surface area contributed by atoms with Crippen molar-refractivity contribution in [2.45, 2.75) is 25.4 Å². The average Bonchev–Trinajstić information content (AvgIpc) is 3.79. The van der Waals surface area contributed by atoms with Crippen molar-refractivity contribution in [2.75, 3.05) is 56.5 Å². The lowest BCUT2D eigenvalue weighted by atomic mass is 10.1. The fourth-order valence-electron chi connectivity index (χ4n) is 4.42. The fourth-order valence-corrected chi connectivity index (χ4v) is 4.42. The molecule has 1 aliphatic heterocycles. The smallest absolute Gasteiger partial charge is 0.330 e. The van der Waals surface area contributed by atoms with Crippen molar-refractivity contribution in [1.29, 1.82) is 0 Å². The van der Waals surface area contributed by atoms with E-state index in [1.54, 1.807) is 36.4 Å². The number of nitrogens with zero attached hydrogens (tertiary/aromatic N) is 5. The molecule has 1 fully saturated rings. The van der Waals surface area contributed by atoms with Gasteiger partial charge in [-0.2, -0.15) is 4.98 Å². The Morgan fingerprint density at radius 3 is 2.66 bits per heavy atom. The number of amides is 3. The molecule has 0 saturated heterocycles. The normalized spacial score (nSPS) is 14.9. The number of fused-ring (bicyclic) bond motifs is 1. The minimum atomic E-state index is -0.238. The summed E-state index contributed by atoms with van der Waals surface area (Å²) in [5.74, 6) is 1.37. The second kappa shape index (κ2) is 12.8. The van der Waals surface area contributed by atoms with Crippen molar-refractivity contribution in [1.82, 2.24) is 19.8 Å². The van der Waals surface area contributed by atoms with Crippen LogP contribution in [-0.2, 0) is 16.1 Å². The number of carbonyl (C=O) groups excluding carboxylic acids is 2.